The average Bonchev–Trinajstić information content (AvgIpc) is 2.26. The Morgan fingerprint density at radius 3 is 2.41 bits per heavy atom. The second kappa shape index (κ2) is 7.39. The van der Waals surface area contributed by atoms with Crippen molar-refractivity contribution in [2.75, 3.05) is 19.3 Å². The van der Waals surface area contributed by atoms with Crippen LogP contribution in [0.25, 0.3) is 0 Å². The van der Waals surface area contributed by atoms with Gasteiger partial charge in [-0.1, -0.05) is 0 Å². The van der Waals surface area contributed by atoms with E-state index in [0.29, 0.717) is 6.54 Å². The van der Waals surface area contributed by atoms with Gasteiger partial charge in [0.2, 0.25) is 0 Å². The molecule has 0 aliphatic heterocycles. The second-order valence-corrected chi connectivity index (χ2v) is 5.73. The van der Waals surface area contributed by atoms with E-state index in [0.717, 1.165) is 0 Å². The Morgan fingerprint density at radius 2 is 1.94 bits per heavy atom. The monoisotopic (exact) mass is 264 g/mol. The number of aliphatic hydroxyl groups is 1. The summed E-state index contributed by atoms with van der Waals surface area (Å²) in [6.45, 7) is 4.65. The Labute approximate surface area is 105 Å². The van der Waals surface area contributed by atoms with Crippen LogP contribution >= 0.6 is 11.8 Å². The summed E-state index contributed by atoms with van der Waals surface area (Å²) in [7, 11) is 0. The largest absolute Gasteiger partial charge is 0.479 e. The number of carboxylic acids is 1. The van der Waals surface area contributed by atoms with Crippen molar-refractivity contribution in [3.05, 3.63) is 0 Å². The first-order valence-corrected chi connectivity index (χ1v) is 6.48. The Morgan fingerprint density at radius 1 is 1.35 bits per heavy atom. The summed E-state index contributed by atoms with van der Waals surface area (Å²) < 4.78 is -0.0437. The van der Waals surface area contributed by atoms with Gasteiger partial charge in [0.1, 0.15) is 0 Å². The van der Waals surface area contributed by atoms with Gasteiger partial charge in [-0.25, -0.2) is 9.59 Å². The van der Waals surface area contributed by atoms with Gasteiger partial charge < -0.3 is 20.8 Å². The first-order valence-electron chi connectivity index (χ1n) is 5.26. The smallest absolute Gasteiger partial charge is 0.332 e. The lowest BCUT2D eigenvalue weighted by Crippen LogP contribution is -2.43. The molecule has 0 unspecified atom stereocenters. The predicted octanol–water partition coefficient (Wildman–Crippen LogP) is 0.263. The molecule has 0 radical (unpaired) electrons. The molecule has 7 heteroatoms. The SMILES string of the molecule is CSC(C)(C)CNC(=O)NCC[C@H](O)C(=O)O. The van der Waals surface area contributed by atoms with Crippen LogP contribution in [0.1, 0.15) is 20.3 Å². The summed E-state index contributed by atoms with van der Waals surface area (Å²) >= 11 is 1.64. The van der Waals surface area contributed by atoms with Crippen molar-refractivity contribution < 1.29 is 19.8 Å². The van der Waals surface area contributed by atoms with E-state index in [1.807, 2.05) is 20.1 Å². The van der Waals surface area contributed by atoms with Crippen molar-refractivity contribution in [2.24, 2.45) is 0 Å². The second-order valence-electron chi connectivity index (χ2n) is 4.22. The quantitative estimate of drug-likeness (QED) is 0.529. The van der Waals surface area contributed by atoms with Crippen LogP contribution in [0.5, 0.6) is 0 Å². The number of hydrogen-bond acceptors (Lipinski definition) is 4. The van der Waals surface area contributed by atoms with E-state index >= 15 is 0 Å². The zero-order valence-corrected chi connectivity index (χ0v) is 11.1. The third-order valence-corrected chi connectivity index (χ3v) is 3.47. The van der Waals surface area contributed by atoms with Crippen molar-refractivity contribution in [1.29, 1.82) is 0 Å². The fourth-order valence-electron chi connectivity index (χ4n) is 0.874. The van der Waals surface area contributed by atoms with Crippen molar-refractivity contribution in [2.45, 2.75) is 31.1 Å². The third kappa shape index (κ3) is 7.87. The highest BCUT2D eigenvalue weighted by Crippen LogP contribution is 2.19. The number of hydrogen-bond donors (Lipinski definition) is 4. The van der Waals surface area contributed by atoms with Gasteiger partial charge in [-0.15, -0.1) is 0 Å². The minimum absolute atomic E-state index is 0.00528. The highest BCUT2D eigenvalue weighted by atomic mass is 32.2. The number of nitrogens with one attached hydrogen (secondary N) is 2. The summed E-state index contributed by atoms with van der Waals surface area (Å²) in [5.74, 6) is -1.28. The molecule has 0 aromatic rings. The maximum atomic E-state index is 11.3. The molecule has 0 aromatic heterocycles. The summed E-state index contributed by atoms with van der Waals surface area (Å²) in [6, 6.07) is -0.357. The molecule has 0 heterocycles. The molecule has 0 fully saturated rings. The van der Waals surface area contributed by atoms with Crippen LogP contribution in [0.3, 0.4) is 0 Å². The molecule has 0 saturated heterocycles. The average molecular weight is 264 g/mol. The molecule has 0 aliphatic carbocycles. The van der Waals surface area contributed by atoms with E-state index in [1.165, 1.54) is 0 Å². The minimum atomic E-state index is -1.43. The number of carboxylic acid groups (broad SMARTS) is 1. The minimum Gasteiger partial charge on any atom is -0.479 e. The summed E-state index contributed by atoms with van der Waals surface area (Å²) in [5, 5.41) is 22.5. The molecular weight excluding hydrogens is 244 g/mol. The van der Waals surface area contributed by atoms with E-state index < -0.39 is 12.1 Å². The highest BCUT2D eigenvalue weighted by Gasteiger charge is 2.17. The van der Waals surface area contributed by atoms with Crippen LogP contribution in [0.2, 0.25) is 0 Å². The number of rotatable bonds is 7. The maximum absolute atomic E-state index is 11.3. The van der Waals surface area contributed by atoms with Crippen LogP contribution < -0.4 is 10.6 Å². The highest BCUT2D eigenvalue weighted by molar-refractivity contribution is 7.99. The van der Waals surface area contributed by atoms with Gasteiger partial charge in [0, 0.05) is 24.3 Å². The van der Waals surface area contributed by atoms with Gasteiger partial charge in [-0.05, 0) is 20.1 Å². The number of urea groups is 1. The molecule has 0 spiro atoms. The molecule has 6 nitrogen and oxygen atoms in total. The standard InChI is InChI=1S/C10H20N2O4S/c1-10(2,17-3)6-12-9(16)11-5-4-7(13)8(14)15/h7,13H,4-6H2,1-3H3,(H,14,15)(H2,11,12,16)/t7-/m0/s1. The molecule has 0 aromatic carbocycles. The summed E-state index contributed by atoms with van der Waals surface area (Å²) in [4.78, 5) is 21.6. The number of thioether (sulfide) groups is 1. The number of aliphatic hydroxyl groups excluding tert-OH is 1. The van der Waals surface area contributed by atoms with Crippen LogP contribution in [0.4, 0.5) is 4.79 Å². The molecule has 17 heavy (non-hydrogen) atoms. The molecule has 0 saturated carbocycles. The number of amides is 2. The molecule has 100 valence electrons. The Balaban J connectivity index is 3.71. The van der Waals surface area contributed by atoms with Crippen LogP contribution in [0.15, 0.2) is 0 Å². The Kier molecular flexibility index (Phi) is 6.98. The Bertz CT molecular complexity index is 271. The number of aliphatic carboxylic acids is 1. The molecule has 2 amide bonds. The molecule has 0 bridgehead atoms. The van der Waals surface area contributed by atoms with E-state index in [-0.39, 0.29) is 23.7 Å². The van der Waals surface area contributed by atoms with E-state index in [4.69, 9.17) is 10.2 Å². The maximum Gasteiger partial charge on any atom is 0.332 e. The number of carbonyl (C=O) groups excluding carboxylic acids is 1. The Hall–Kier alpha value is -0.950. The van der Waals surface area contributed by atoms with Crippen LogP contribution in [-0.4, -0.2) is 52.4 Å². The fourth-order valence-corrected chi connectivity index (χ4v) is 1.09. The normalized spacial score (nSPS) is 12.9. The van der Waals surface area contributed by atoms with Crippen molar-refractivity contribution in [3.8, 4) is 0 Å². The summed E-state index contributed by atoms with van der Waals surface area (Å²) in [5.41, 5.74) is 0. The van der Waals surface area contributed by atoms with Crippen molar-refractivity contribution >= 4 is 23.8 Å². The lowest BCUT2D eigenvalue weighted by atomic mass is 10.2. The van der Waals surface area contributed by atoms with Gasteiger partial charge in [-0.3, -0.25) is 0 Å². The summed E-state index contributed by atoms with van der Waals surface area (Å²) in [6.07, 6.45) is 0.523. The lowest BCUT2D eigenvalue weighted by Gasteiger charge is -2.22. The zero-order valence-electron chi connectivity index (χ0n) is 10.3. The fraction of sp³-hybridized carbons (Fsp3) is 0.800. The van der Waals surface area contributed by atoms with Gasteiger partial charge in [-0.2, -0.15) is 11.8 Å². The van der Waals surface area contributed by atoms with Crippen LogP contribution in [0, 0.1) is 0 Å². The first-order chi connectivity index (χ1) is 7.78. The molecule has 4 N–H and O–H groups in total. The lowest BCUT2D eigenvalue weighted by molar-refractivity contribution is -0.146. The number of carbonyl (C=O) groups is 2. The van der Waals surface area contributed by atoms with E-state index in [1.54, 1.807) is 11.8 Å². The van der Waals surface area contributed by atoms with E-state index in [9.17, 15) is 9.59 Å². The zero-order chi connectivity index (χ0) is 13.5. The first kappa shape index (κ1) is 16.1. The van der Waals surface area contributed by atoms with Gasteiger partial charge in [0.25, 0.3) is 0 Å². The molecule has 0 rings (SSSR count). The van der Waals surface area contributed by atoms with E-state index in [2.05, 4.69) is 10.6 Å². The van der Waals surface area contributed by atoms with Crippen LogP contribution in [-0.2, 0) is 4.79 Å². The third-order valence-electron chi connectivity index (χ3n) is 2.22. The molecule has 0 aliphatic rings. The predicted molar refractivity (Wildman–Crippen MR) is 67.3 cm³/mol. The van der Waals surface area contributed by atoms with Gasteiger partial charge in [0.05, 0.1) is 0 Å². The molecular formula is C10H20N2O4S. The molecule has 1 atom stereocenters. The van der Waals surface area contributed by atoms with Crippen molar-refractivity contribution in [3.63, 3.8) is 0 Å². The van der Waals surface area contributed by atoms with Gasteiger partial charge >= 0.3 is 12.0 Å². The van der Waals surface area contributed by atoms with Crippen molar-refractivity contribution in [1.82, 2.24) is 10.6 Å². The van der Waals surface area contributed by atoms with Gasteiger partial charge in [0.15, 0.2) is 6.10 Å². The topological polar surface area (TPSA) is 98.7 Å².